The maximum atomic E-state index is 8.83. The Balaban J connectivity index is 2.14. The van der Waals surface area contributed by atoms with E-state index in [1.807, 2.05) is 0 Å². The number of nitrogens with zero attached hydrogens (tertiary/aromatic N) is 1. The number of fused-ring (bicyclic) bond motifs is 1. The third-order valence-corrected chi connectivity index (χ3v) is 4.35. The maximum absolute atomic E-state index is 8.83. The van der Waals surface area contributed by atoms with Crippen LogP contribution in [0, 0.1) is 0 Å². The van der Waals surface area contributed by atoms with E-state index in [9.17, 15) is 0 Å². The number of nitrogens with one attached hydrogen (secondary N) is 1. The molecule has 0 saturated heterocycles. The minimum Gasteiger partial charge on any atom is -0.496 e. The molecule has 4 nitrogen and oxygen atoms in total. The average Bonchev–Trinajstić information content (AvgIpc) is 2.50. The standard InChI is InChI=1S/C17H28N2O2/c1-4-19-12-16-10-17(21-3)15(11-18-6-5-7-20)9-14(16)8-13(19)2/h9-10,13,18,20H,4-8,11-12H2,1-3H3. The van der Waals surface area contributed by atoms with Crippen LogP contribution < -0.4 is 10.1 Å². The first-order valence-corrected chi connectivity index (χ1v) is 7.93. The van der Waals surface area contributed by atoms with Gasteiger partial charge in [0.05, 0.1) is 7.11 Å². The Bertz CT molecular complexity index is 462. The summed E-state index contributed by atoms with van der Waals surface area (Å²) in [6.45, 7) is 8.49. The van der Waals surface area contributed by atoms with E-state index in [-0.39, 0.29) is 6.61 Å². The Kier molecular flexibility index (Phi) is 6.03. The number of rotatable bonds is 7. The second kappa shape index (κ2) is 7.78. The average molecular weight is 292 g/mol. The monoisotopic (exact) mass is 292 g/mol. The molecule has 1 aromatic rings. The summed E-state index contributed by atoms with van der Waals surface area (Å²) in [4.78, 5) is 2.50. The summed E-state index contributed by atoms with van der Waals surface area (Å²) in [5, 5.41) is 12.2. The number of likely N-dealkylation sites (N-methyl/N-ethyl adjacent to an activating group) is 1. The SMILES string of the molecule is CCN1Cc2cc(OC)c(CNCCCO)cc2CC1C. The van der Waals surface area contributed by atoms with Gasteiger partial charge in [-0.25, -0.2) is 0 Å². The fraction of sp³-hybridized carbons (Fsp3) is 0.647. The van der Waals surface area contributed by atoms with E-state index in [1.165, 1.54) is 16.7 Å². The normalized spacial score (nSPS) is 18.6. The molecule has 0 saturated carbocycles. The quantitative estimate of drug-likeness (QED) is 0.754. The topological polar surface area (TPSA) is 44.7 Å². The van der Waals surface area contributed by atoms with Gasteiger partial charge in [-0.2, -0.15) is 0 Å². The molecule has 0 fully saturated rings. The summed E-state index contributed by atoms with van der Waals surface area (Å²) in [6, 6.07) is 5.10. The zero-order chi connectivity index (χ0) is 15.2. The highest BCUT2D eigenvalue weighted by molar-refractivity contribution is 5.44. The van der Waals surface area contributed by atoms with Crippen molar-refractivity contribution in [3.05, 3.63) is 28.8 Å². The van der Waals surface area contributed by atoms with Crippen LogP contribution in [0.2, 0.25) is 0 Å². The van der Waals surface area contributed by atoms with Crippen molar-refractivity contribution in [1.82, 2.24) is 10.2 Å². The number of methoxy groups -OCH3 is 1. The third-order valence-electron chi connectivity index (χ3n) is 4.35. The molecule has 4 heteroatoms. The molecule has 1 aliphatic heterocycles. The lowest BCUT2D eigenvalue weighted by Gasteiger charge is -2.34. The van der Waals surface area contributed by atoms with Crippen molar-refractivity contribution < 1.29 is 9.84 Å². The van der Waals surface area contributed by atoms with Gasteiger partial charge in [0.25, 0.3) is 0 Å². The highest BCUT2D eigenvalue weighted by Gasteiger charge is 2.23. The Morgan fingerprint density at radius 1 is 1.38 bits per heavy atom. The number of hydrogen-bond acceptors (Lipinski definition) is 4. The minimum atomic E-state index is 0.235. The summed E-state index contributed by atoms with van der Waals surface area (Å²) < 4.78 is 5.56. The van der Waals surface area contributed by atoms with Gasteiger partial charge in [0.15, 0.2) is 0 Å². The molecule has 0 aliphatic carbocycles. The largest absolute Gasteiger partial charge is 0.496 e. The van der Waals surface area contributed by atoms with E-state index in [1.54, 1.807) is 7.11 Å². The molecule has 1 aliphatic rings. The first-order valence-electron chi connectivity index (χ1n) is 7.93. The van der Waals surface area contributed by atoms with Crippen molar-refractivity contribution in [1.29, 1.82) is 0 Å². The van der Waals surface area contributed by atoms with Crippen LogP contribution in [0.5, 0.6) is 5.75 Å². The van der Waals surface area contributed by atoms with Crippen LogP contribution in [0.4, 0.5) is 0 Å². The van der Waals surface area contributed by atoms with Crippen LogP contribution in [0.1, 0.15) is 37.0 Å². The Morgan fingerprint density at radius 2 is 2.19 bits per heavy atom. The molecule has 1 atom stereocenters. The number of hydrogen-bond donors (Lipinski definition) is 2. The summed E-state index contributed by atoms with van der Waals surface area (Å²) in [5.74, 6) is 0.968. The molecule has 2 N–H and O–H groups in total. The molecule has 0 amide bonds. The number of benzene rings is 1. The zero-order valence-corrected chi connectivity index (χ0v) is 13.5. The predicted molar refractivity (Wildman–Crippen MR) is 85.7 cm³/mol. The summed E-state index contributed by atoms with van der Waals surface area (Å²) >= 11 is 0. The lowest BCUT2D eigenvalue weighted by Crippen LogP contribution is -2.38. The van der Waals surface area contributed by atoms with Gasteiger partial charge >= 0.3 is 0 Å². The summed E-state index contributed by atoms with van der Waals surface area (Å²) in [5.41, 5.74) is 4.06. The van der Waals surface area contributed by atoms with Gasteiger partial charge in [-0.05, 0) is 50.0 Å². The van der Waals surface area contributed by atoms with E-state index < -0.39 is 0 Å². The van der Waals surface area contributed by atoms with Crippen molar-refractivity contribution in [2.75, 3.05) is 26.8 Å². The van der Waals surface area contributed by atoms with Crippen molar-refractivity contribution in [2.45, 2.75) is 45.8 Å². The van der Waals surface area contributed by atoms with Crippen LogP contribution in [0.25, 0.3) is 0 Å². The Labute approximate surface area is 128 Å². The second-order valence-corrected chi connectivity index (χ2v) is 5.80. The van der Waals surface area contributed by atoms with Gasteiger partial charge in [-0.1, -0.05) is 13.0 Å². The Morgan fingerprint density at radius 3 is 2.86 bits per heavy atom. The van der Waals surface area contributed by atoms with Gasteiger partial charge in [-0.3, -0.25) is 4.90 Å². The second-order valence-electron chi connectivity index (χ2n) is 5.80. The number of ether oxygens (including phenoxy) is 1. The van der Waals surface area contributed by atoms with Crippen LogP contribution >= 0.6 is 0 Å². The first-order chi connectivity index (χ1) is 10.2. The zero-order valence-electron chi connectivity index (χ0n) is 13.5. The lowest BCUT2D eigenvalue weighted by atomic mass is 9.92. The first kappa shape index (κ1) is 16.3. The van der Waals surface area contributed by atoms with Gasteiger partial charge in [-0.15, -0.1) is 0 Å². The van der Waals surface area contributed by atoms with E-state index in [0.717, 1.165) is 44.8 Å². The van der Waals surface area contributed by atoms with Crippen LogP contribution in [0.15, 0.2) is 12.1 Å². The van der Waals surface area contributed by atoms with E-state index in [2.05, 4.69) is 36.2 Å². The molecule has 2 rings (SSSR count). The molecule has 1 unspecified atom stereocenters. The summed E-state index contributed by atoms with van der Waals surface area (Å²) in [7, 11) is 1.74. The number of aliphatic hydroxyl groups is 1. The minimum absolute atomic E-state index is 0.235. The molecule has 1 aromatic carbocycles. The Hall–Kier alpha value is -1.10. The molecule has 0 spiro atoms. The predicted octanol–water partition coefficient (Wildman–Crippen LogP) is 1.93. The van der Waals surface area contributed by atoms with E-state index >= 15 is 0 Å². The van der Waals surface area contributed by atoms with Gasteiger partial charge in [0.2, 0.25) is 0 Å². The van der Waals surface area contributed by atoms with Crippen molar-refractivity contribution in [2.24, 2.45) is 0 Å². The fourth-order valence-corrected chi connectivity index (χ4v) is 3.06. The smallest absolute Gasteiger partial charge is 0.123 e. The summed E-state index contributed by atoms with van der Waals surface area (Å²) in [6.07, 6.45) is 1.90. The third kappa shape index (κ3) is 3.96. The van der Waals surface area contributed by atoms with Crippen LogP contribution in [-0.2, 0) is 19.5 Å². The molecule has 0 bridgehead atoms. The molecule has 0 radical (unpaired) electrons. The molecular formula is C17H28N2O2. The molecule has 0 aromatic heterocycles. The van der Waals surface area contributed by atoms with Gasteiger partial charge in [0, 0.05) is 31.3 Å². The molecule has 21 heavy (non-hydrogen) atoms. The van der Waals surface area contributed by atoms with Gasteiger partial charge in [0.1, 0.15) is 5.75 Å². The van der Waals surface area contributed by atoms with Crippen molar-refractivity contribution >= 4 is 0 Å². The van der Waals surface area contributed by atoms with Crippen LogP contribution in [0.3, 0.4) is 0 Å². The fourth-order valence-electron chi connectivity index (χ4n) is 3.06. The van der Waals surface area contributed by atoms with Crippen molar-refractivity contribution in [3.63, 3.8) is 0 Å². The van der Waals surface area contributed by atoms with E-state index in [4.69, 9.17) is 9.84 Å². The lowest BCUT2D eigenvalue weighted by molar-refractivity contribution is 0.194. The highest BCUT2D eigenvalue weighted by atomic mass is 16.5. The molecule has 118 valence electrons. The molecule has 1 heterocycles. The maximum Gasteiger partial charge on any atom is 0.123 e. The molecular weight excluding hydrogens is 264 g/mol. The van der Waals surface area contributed by atoms with Crippen LogP contribution in [-0.4, -0.2) is 42.9 Å². The number of aliphatic hydroxyl groups excluding tert-OH is 1. The van der Waals surface area contributed by atoms with E-state index in [0.29, 0.717) is 6.04 Å². The van der Waals surface area contributed by atoms with Crippen molar-refractivity contribution in [3.8, 4) is 5.75 Å². The highest BCUT2D eigenvalue weighted by Crippen LogP contribution is 2.30. The van der Waals surface area contributed by atoms with Gasteiger partial charge < -0.3 is 15.2 Å².